The van der Waals surface area contributed by atoms with E-state index in [9.17, 15) is 8.78 Å². The number of anilines is 1. The third-order valence-corrected chi connectivity index (χ3v) is 5.49. The van der Waals surface area contributed by atoms with Crippen LogP contribution in [0.4, 0.5) is 14.7 Å². The van der Waals surface area contributed by atoms with Crippen molar-refractivity contribution in [2.75, 3.05) is 25.0 Å². The Morgan fingerprint density at radius 3 is 2.93 bits per heavy atom. The summed E-state index contributed by atoms with van der Waals surface area (Å²) < 4.78 is 29.0. The summed E-state index contributed by atoms with van der Waals surface area (Å²) in [4.78, 5) is 2.40. The van der Waals surface area contributed by atoms with Crippen molar-refractivity contribution in [2.45, 2.75) is 32.2 Å². The molecule has 0 saturated carbocycles. The van der Waals surface area contributed by atoms with Gasteiger partial charge in [0.15, 0.2) is 0 Å². The van der Waals surface area contributed by atoms with E-state index in [1.165, 1.54) is 6.07 Å². The molecule has 148 valence electrons. The zero-order chi connectivity index (χ0) is 19.7. The Morgan fingerprint density at radius 2 is 2.14 bits per heavy atom. The molecule has 1 saturated heterocycles. The fourth-order valence-electron chi connectivity index (χ4n) is 3.82. The second-order valence-corrected chi connectivity index (χ2v) is 7.48. The maximum Gasteiger partial charge on any atom is 0.264 e. The number of hydrogen-bond acceptors (Lipinski definition) is 4. The number of aromatic nitrogens is 3. The summed E-state index contributed by atoms with van der Waals surface area (Å²) in [5.41, 5.74) is 1.35. The van der Waals surface area contributed by atoms with Gasteiger partial charge in [-0.1, -0.05) is 24.6 Å². The first-order valence-corrected chi connectivity index (χ1v) is 9.85. The molecule has 4 rings (SSSR count). The first kappa shape index (κ1) is 19.1. The lowest BCUT2D eigenvalue weighted by atomic mass is 10.0. The normalized spacial score (nSPS) is 18.1. The molecule has 0 amide bonds. The van der Waals surface area contributed by atoms with E-state index < -0.39 is 6.43 Å². The maximum atomic E-state index is 13.5. The number of nitrogens with one attached hydrogen (secondary N) is 1. The average Bonchev–Trinajstić information content (AvgIpc) is 3.19. The lowest BCUT2D eigenvalue weighted by Crippen LogP contribution is -2.42. The molecule has 0 bridgehead atoms. The van der Waals surface area contributed by atoms with Crippen LogP contribution in [-0.4, -0.2) is 45.2 Å². The Kier molecular flexibility index (Phi) is 5.46. The maximum absolute atomic E-state index is 13.5. The van der Waals surface area contributed by atoms with Crippen LogP contribution in [0.3, 0.4) is 0 Å². The molecule has 1 N–H and O–H groups in total. The minimum absolute atomic E-state index is 0.142. The van der Waals surface area contributed by atoms with Crippen LogP contribution in [0.25, 0.3) is 16.8 Å². The highest BCUT2D eigenvalue weighted by atomic mass is 35.5. The lowest BCUT2D eigenvalue weighted by molar-refractivity contribution is 0.152. The van der Waals surface area contributed by atoms with Gasteiger partial charge in [0.25, 0.3) is 6.43 Å². The van der Waals surface area contributed by atoms with E-state index in [4.69, 9.17) is 11.6 Å². The molecule has 5 nitrogen and oxygen atoms in total. The predicted octanol–water partition coefficient (Wildman–Crippen LogP) is 4.88. The summed E-state index contributed by atoms with van der Waals surface area (Å²) in [6.45, 7) is 5.25. The van der Waals surface area contributed by atoms with Crippen LogP contribution in [0.15, 0.2) is 36.5 Å². The molecule has 0 radical (unpaired) electrons. The number of alkyl halides is 2. The summed E-state index contributed by atoms with van der Waals surface area (Å²) in [5.74, 6) is 0.624. The minimum Gasteiger partial charge on any atom is -0.350 e. The van der Waals surface area contributed by atoms with Crippen LogP contribution in [0, 0.1) is 0 Å². The zero-order valence-electron chi connectivity index (χ0n) is 15.6. The van der Waals surface area contributed by atoms with Crippen LogP contribution >= 0.6 is 11.6 Å². The van der Waals surface area contributed by atoms with Crippen LogP contribution in [0.2, 0.25) is 5.02 Å². The highest BCUT2D eigenvalue weighted by Crippen LogP contribution is 2.34. The molecule has 2 aromatic heterocycles. The molecule has 1 aliphatic rings. The van der Waals surface area contributed by atoms with Gasteiger partial charge in [0.05, 0.1) is 5.52 Å². The number of fused-ring (bicyclic) bond motifs is 1. The Balaban J connectivity index is 1.71. The Morgan fingerprint density at radius 1 is 1.29 bits per heavy atom. The number of rotatable bonds is 5. The van der Waals surface area contributed by atoms with Crippen LogP contribution < -0.4 is 5.32 Å². The summed E-state index contributed by atoms with van der Waals surface area (Å²) in [7, 11) is 0. The van der Waals surface area contributed by atoms with Gasteiger partial charge >= 0.3 is 0 Å². The monoisotopic (exact) mass is 405 g/mol. The van der Waals surface area contributed by atoms with Crippen molar-refractivity contribution in [1.82, 2.24) is 19.5 Å². The molecule has 0 unspecified atom stereocenters. The van der Waals surface area contributed by atoms with Gasteiger partial charge in [-0.2, -0.15) is 0 Å². The van der Waals surface area contributed by atoms with Crippen molar-refractivity contribution < 1.29 is 8.78 Å². The largest absolute Gasteiger partial charge is 0.350 e. The van der Waals surface area contributed by atoms with Gasteiger partial charge in [0.1, 0.15) is 5.69 Å². The molecule has 1 aliphatic heterocycles. The van der Waals surface area contributed by atoms with Crippen molar-refractivity contribution in [2.24, 2.45) is 0 Å². The number of likely N-dealkylation sites (N-methyl/N-ethyl adjacent to an activating group) is 1. The Labute approximate surface area is 167 Å². The van der Waals surface area contributed by atoms with Gasteiger partial charge in [-0.05, 0) is 50.2 Å². The summed E-state index contributed by atoms with van der Waals surface area (Å²) in [5, 5.41) is 12.4. The topological polar surface area (TPSA) is 45.5 Å². The molecular weight excluding hydrogens is 384 g/mol. The van der Waals surface area contributed by atoms with E-state index in [1.54, 1.807) is 12.1 Å². The quantitative estimate of drug-likeness (QED) is 0.656. The van der Waals surface area contributed by atoms with E-state index in [2.05, 4.69) is 27.3 Å². The number of halogens is 3. The lowest BCUT2D eigenvalue weighted by Gasteiger charge is -2.32. The fourth-order valence-corrected chi connectivity index (χ4v) is 4.00. The zero-order valence-corrected chi connectivity index (χ0v) is 16.3. The van der Waals surface area contributed by atoms with E-state index >= 15 is 0 Å². The number of piperidine rings is 1. The minimum atomic E-state index is -2.65. The number of likely N-dealkylation sites (tertiary alicyclic amines) is 1. The number of nitrogens with zero attached hydrogens (tertiary/aromatic N) is 4. The highest BCUT2D eigenvalue weighted by Gasteiger charge is 2.22. The van der Waals surface area contributed by atoms with Crippen molar-refractivity contribution in [3.05, 3.63) is 47.1 Å². The fraction of sp³-hybridized carbons (Fsp3) is 0.400. The van der Waals surface area contributed by atoms with Crippen LogP contribution in [0.1, 0.15) is 31.8 Å². The van der Waals surface area contributed by atoms with Crippen molar-refractivity contribution in [3.8, 4) is 11.3 Å². The standard InChI is InChI=1S/C20H22ClF2N5/c1-2-27-9-3-5-14(12-27)24-20-26-25-18(17-6-4-10-28(17)20)15-8-7-13(21)11-16(15)19(22)23/h4,6-8,10-11,14,19H,2-3,5,9,12H2,1H3,(H,24,26)/t14-/m1/s1. The van der Waals surface area contributed by atoms with Gasteiger partial charge in [0.2, 0.25) is 5.95 Å². The van der Waals surface area contributed by atoms with Crippen molar-refractivity contribution >= 4 is 23.1 Å². The van der Waals surface area contributed by atoms with Crippen LogP contribution in [-0.2, 0) is 0 Å². The van der Waals surface area contributed by atoms with E-state index in [-0.39, 0.29) is 16.6 Å². The third-order valence-electron chi connectivity index (χ3n) is 5.25. The summed E-state index contributed by atoms with van der Waals surface area (Å²) in [6, 6.07) is 8.47. The van der Waals surface area contributed by atoms with Gasteiger partial charge in [-0.25, -0.2) is 8.78 Å². The van der Waals surface area contributed by atoms with Gasteiger partial charge < -0.3 is 10.2 Å². The molecular formula is C20H22ClF2N5. The average molecular weight is 406 g/mol. The second-order valence-electron chi connectivity index (χ2n) is 7.04. The van der Waals surface area contributed by atoms with E-state index in [0.29, 0.717) is 17.2 Å². The SMILES string of the molecule is CCN1CCC[C@@H](Nc2nnc(-c3ccc(Cl)cc3C(F)F)c3cccn23)C1. The third kappa shape index (κ3) is 3.69. The van der Waals surface area contributed by atoms with Gasteiger partial charge in [0, 0.05) is 34.9 Å². The first-order valence-electron chi connectivity index (χ1n) is 9.47. The molecule has 0 aliphatic carbocycles. The van der Waals surface area contributed by atoms with Crippen molar-refractivity contribution in [1.29, 1.82) is 0 Å². The second kappa shape index (κ2) is 8.01. The molecule has 3 aromatic rings. The Hall–Kier alpha value is -2.25. The highest BCUT2D eigenvalue weighted by molar-refractivity contribution is 6.30. The molecule has 1 aromatic carbocycles. The molecule has 28 heavy (non-hydrogen) atoms. The first-order chi connectivity index (χ1) is 13.6. The van der Waals surface area contributed by atoms with Crippen molar-refractivity contribution in [3.63, 3.8) is 0 Å². The molecule has 8 heteroatoms. The molecule has 1 fully saturated rings. The number of benzene rings is 1. The molecule has 3 heterocycles. The summed E-state index contributed by atoms with van der Waals surface area (Å²) >= 11 is 5.91. The molecule has 0 spiro atoms. The molecule has 1 atom stereocenters. The number of hydrogen-bond donors (Lipinski definition) is 1. The van der Waals surface area contributed by atoms with E-state index in [0.717, 1.165) is 38.0 Å². The van der Waals surface area contributed by atoms with Crippen LogP contribution in [0.5, 0.6) is 0 Å². The smallest absolute Gasteiger partial charge is 0.264 e. The Bertz CT molecular complexity index is 974. The van der Waals surface area contributed by atoms with Gasteiger partial charge in [-0.15, -0.1) is 10.2 Å². The summed E-state index contributed by atoms with van der Waals surface area (Å²) in [6.07, 6.45) is 1.42. The van der Waals surface area contributed by atoms with Gasteiger partial charge in [-0.3, -0.25) is 4.40 Å². The van der Waals surface area contributed by atoms with E-state index in [1.807, 2.05) is 22.7 Å². The predicted molar refractivity (Wildman–Crippen MR) is 107 cm³/mol.